The van der Waals surface area contributed by atoms with E-state index in [1.165, 1.54) is 6.33 Å². The molecular weight excluding hydrogens is 234 g/mol. The molecule has 0 unspecified atom stereocenters. The first-order valence-electron chi connectivity index (χ1n) is 5.86. The SMILES string of the molecule is CCCNc1ncnc(NC(C)(C)C)c1[N+](=O)[O-]. The summed E-state index contributed by atoms with van der Waals surface area (Å²) in [5.74, 6) is 0.490. The highest BCUT2D eigenvalue weighted by Gasteiger charge is 2.25. The fraction of sp³-hybridized carbons (Fsp3) is 0.636. The number of hydrogen-bond donors (Lipinski definition) is 2. The average Bonchev–Trinajstić information content (AvgIpc) is 2.23. The summed E-state index contributed by atoms with van der Waals surface area (Å²) in [6.45, 7) is 8.36. The molecule has 0 fully saturated rings. The lowest BCUT2D eigenvalue weighted by Crippen LogP contribution is -2.27. The monoisotopic (exact) mass is 253 g/mol. The van der Waals surface area contributed by atoms with E-state index in [2.05, 4.69) is 20.6 Å². The number of nitrogens with one attached hydrogen (secondary N) is 2. The zero-order chi connectivity index (χ0) is 13.8. The van der Waals surface area contributed by atoms with Gasteiger partial charge in [-0.15, -0.1) is 0 Å². The Morgan fingerprint density at radius 1 is 1.33 bits per heavy atom. The Hall–Kier alpha value is -1.92. The summed E-state index contributed by atoms with van der Waals surface area (Å²) in [4.78, 5) is 18.5. The fourth-order valence-electron chi connectivity index (χ4n) is 1.37. The second-order valence-electron chi connectivity index (χ2n) is 4.98. The molecule has 0 radical (unpaired) electrons. The van der Waals surface area contributed by atoms with E-state index in [4.69, 9.17) is 0 Å². The molecular formula is C11H19N5O2. The largest absolute Gasteiger partial charge is 0.364 e. The zero-order valence-electron chi connectivity index (χ0n) is 11.1. The first-order valence-corrected chi connectivity index (χ1v) is 5.86. The topological polar surface area (TPSA) is 93.0 Å². The summed E-state index contributed by atoms with van der Waals surface area (Å²) >= 11 is 0. The van der Waals surface area contributed by atoms with Crippen molar-refractivity contribution in [3.8, 4) is 0 Å². The third kappa shape index (κ3) is 3.83. The Balaban J connectivity index is 3.13. The number of nitro groups is 1. The predicted octanol–water partition coefficient (Wildman–Crippen LogP) is 2.42. The van der Waals surface area contributed by atoms with Crippen LogP contribution in [0.15, 0.2) is 6.33 Å². The summed E-state index contributed by atoms with van der Waals surface area (Å²) in [5.41, 5.74) is -0.415. The molecule has 0 aromatic carbocycles. The number of nitrogens with zero attached hydrogens (tertiary/aromatic N) is 3. The fourth-order valence-corrected chi connectivity index (χ4v) is 1.37. The van der Waals surface area contributed by atoms with Crippen LogP contribution in [-0.2, 0) is 0 Å². The van der Waals surface area contributed by atoms with Crippen molar-refractivity contribution < 1.29 is 4.92 Å². The van der Waals surface area contributed by atoms with Crippen molar-refractivity contribution in [3.63, 3.8) is 0 Å². The molecule has 0 amide bonds. The molecule has 0 aliphatic carbocycles. The Labute approximate surface area is 106 Å². The van der Waals surface area contributed by atoms with Gasteiger partial charge in [-0.1, -0.05) is 6.92 Å². The van der Waals surface area contributed by atoms with Gasteiger partial charge >= 0.3 is 5.69 Å². The van der Waals surface area contributed by atoms with Gasteiger partial charge in [0.05, 0.1) is 4.92 Å². The van der Waals surface area contributed by atoms with E-state index in [0.717, 1.165) is 6.42 Å². The quantitative estimate of drug-likeness (QED) is 0.618. The molecule has 2 N–H and O–H groups in total. The Morgan fingerprint density at radius 3 is 2.44 bits per heavy atom. The first-order chi connectivity index (χ1) is 8.35. The average molecular weight is 253 g/mol. The van der Waals surface area contributed by atoms with Gasteiger partial charge in [-0.3, -0.25) is 10.1 Å². The summed E-state index contributed by atoms with van der Waals surface area (Å²) in [7, 11) is 0. The lowest BCUT2D eigenvalue weighted by Gasteiger charge is -2.21. The summed E-state index contributed by atoms with van der Waals surface area (Å²) in [5, 5.41) is 17.1. The summed E-state index contributed by atoms with van der Waals surface area (Å²) in [6, 6.07) is 0. The van der Waals surface area contributed by atoms with Gasteiger partial charge in [-0.25, -0.2) is 9.97 Å². The molecule has 0 bridgehead atoms. The molecule has 0 spiro atoms. The van der Waals surface area contributed by atoms with Gasteiger partial charge in [-0.05, 0) is 27.2 Å². The summed E-state index contributed by atoms with van der Waals surface area (Å²) in [6.07, 6.45) is 2.18. The Bertz CT molecular complexity index is 428. The molecule has 0 saturated heterocycles. The van der Waals surface area contributed by atoms with E-state index in [0.29, 0.717) is 6.54 Å². The minimum absolute atomic E-state index is 0.110. The maximum absolute atomic E-state index is 11.1. The van der Waals surface area contributed by atoms with Gasteiger partial charge in [0.25, 0.3) is 0 Å². The van der Waals surface area contributed by atoms with E-state index < -0.39 is 4.92 Å². The van der Waals surface area contributed by atoms with Crippen LogP contribution in [0, 0.1) is 10.1 Å². The van der Waals surface area contributed by atoms with Crippen molar-refractivity contribution >= 4 is 17.3 Å². The van der Waals surface area contributed by atoms with Crippen LogP contribution in [0.3, 0.4) is 0 Å². The highest BCUT2D eigenvalue weighted by molar-refractivity contribution is 5.69. The third-order valence-electron chi connectivity index (χ3n) is 2.04. The zero-order valence-corrected chi connectivity index (χ0v) is 11.1. The minimum Gasteiger partial charge on any atom is -0.364 e. The molecule has 1 aromatic heterocycles. The van der Waals surface area contributed by atoms with Crippen LogP contribution in [0.2, 0.25) is 0 Å². The molecule has 0 aliphatic rings. The highest BCUT2D eigenvalue weighted by atomic mass is 16.6. The molecule has 18 heavy (non-hydrogen) atoms. The van der Waals surface area contributed by atoms with E-state index in [9.17, 15) is 10.1 Å². The van der Waals surface area contributed by atoms with Gasteiger partial charge in [0.2, 0.25) is 11.6 Å². The smallest absolute Gasteiger partial charge is 0.353 e. The van der Waals surface area contributed by atoms with Crippen molar-refractivity contribution in [2.45, 2.75) is 39.7 Å². The molecule has 0 aliphatic heterocycles. The second kappa shape index (κ2) is 5.61. The Morgan fingerprint density at radius 2 is 1.94 bits per heavy atom. The molecule has 1 rings (SSSR count). The predicted molar refractivity (Wildman–Crippen MR) is 70.8 cm³/mol. The molecule has 100 valence electrons. The molecule has 1 aromatic rings. The molecule has 7 heteroatoms. The maximum atomic E-state index is 11.1. The molecule has 7 nitrogen and oxygen atoms in total. The lowest BCUT2D eigenvalue weighted by molar-refractivity contribution is -0.383. The van der Waals surface area contributed by atoms with Gasteiger partial charge < -0.3 is 10.6 Å². The van der Waals surface area contributed by atoms with Crippen molar-refractivity contribution in [1.82, 2.24) is 9.97 Å². The maximum Gasteiger partial charge on any atom is 0.353 e. The van der Waals surface area contributed by atoms with Crippen LogP contribution < -0.4 is 10.6 Å². The van der Waals surface area contributed by atoms with E-state index >= 15 is 0 Å². The van der Waals surface area contributed by atoms with Crippen LogP contribution in [0.1, 0.15) is 34.1 Å². The first kappa shape index (κ1) is 14.1. The standard InChI is InChI=1S/C11H19N5O2/c1-5-6-12-9-8(16(17)18)10(14-7-13-9)15-11(2,3)4/h7H,5-6H2,1-4H3,(H2,12,13,14,15). The van der Waals surface area contributed by atoms with Crippen LogP contribution in [0.5, 0.6) is 0 Å². The third-order valence-corrected chi connectivity index (χ3v) is 2.04. The van der Waals surface area contributed by atoms with Crippen molar-refractivity contribution in [2.24, 2.45) is 0 Å². The summed E-state index contributed by atoms with van der Waals surface area (Å²) < 4.78 is 0. The van der Waals surface area contributed by atoms with Crippen LogP contribution in [0.25, 0.3) is 0 Å². The van der Waals surface area contributed by atoms with Crippen molar-refractivity contribution in [2.75, 3.05) is 17.2 Å². The number of hydrogen-bond acceptors (Lipinski definition) is 6. The van der Waals surface area contributed by atoms with Gasteiger partial charge in [0.15, 0.2) is 0 Å². The number of anilines is 2. The van der Waals surface area contributed by atoms with Gasteiger partial charge in [-0.2, -0.15) is 0 Å². The Kier molecular flexibility index (Phi) is 4.41. The van der Waals surface area contributed by atoms with E-state index in [-0.39, 0.29) is 22.9 Å². The second-order valence-corrected chi connectivity index (χ2v) is 4.98. The van der Waals surface area contributed by atoms with Gasteiger partial charge in [0, 0.05) is 12.1 Å². The minimum atomic E-state index is -0.466. The van der Waals surface area contributed by atoms with Crippen molar-refractivity contribution in [1.29, 1.82) is 0 Å². The van der Waals surface area contributed by atoms with E-state index in [1.807, 2.05) is 27.7 Å². The van der Waals surface area contributed by atoms with Crippen molar-refractivity contribution in [3.05, 3.63) is 16.4 Å². The molecule has 0 atom stereocenters. The van der Waals surface area contributed by atoms with Crippen LogP contribution in [0.4, 0.5) is 17.3 Å². The van der Waals surface area contributed by atoms with Crippen LogP contribution >= 0.6 is 0 Å². The molecule has 0 saturated carbocycles. The highest BCUT2D eigenvalue weighted by Crippen LogP contribution is 2.30. The molecule has 1 heterocycles. The lowest BCUT2D eigenvalue weighted by atomic mass is 10.1. The number of aromatic nitrogens is 2. The van der Waals surface area contributed by atoms with Crippen LogP contribution in [-0.4, -0.2) is 27.0 Å². The van der Waals surface area contributed by atoms with E-state index in [1.54, 1.807) is 0 Å². The van der Waals surface area contributed by atoms with Gasteiger partial charge in [0.1, 0.15) is 6.33 Å². The normalized spacial score (nSPS) is 11.1. The number of rotatable bonds is 5.